The molecule has 5 nitrogen and oxygen atoms in total. The molecule has 5 rings (SSSR count). The molecule has 1 unspecified atom stereocenters. The van der Waals surface area contributed by atoms with Crippen LogP contribution in [-0.4, -0.2) is 20.5 Å². The van der Waals surface area contributed by atoms with E-state index in [2.05, 4.69) is 63.3 Å². The van der Waals surface area contributed by atoms with Crippen LogP contribution in [-0.2, 0) is 4.79 Å². The minimum Gasteiger partial charge on any atom is -0.328 e. The number of allylic oxidation sites excluding steroid dienone is 2. The van der Waals surface area contributed by atoms with E-state index in [0.29, 0.717) is 18.2 Å². The van der Waals surface area contributed by atoms with Crippen molar-refractivity contribution in [3.63, 3.8) is 0 Å². The lowest BCUT2D eigenvalue weighted by molar-refractivity contribution is -0.118. The quantitative estimate of drug-likeness (QED) is 0.643. The monoisotopic (exact) mass is 398 g/mol. The van der Waals surface area contributed by atoms with E-state index in [-0.39, 0.29) is 17.2 Å². The summed E-state index contributed by atoms with van der Waals surface area (Å²) in [5, 5.41) is 8.32. The molecule has 1 N–H and O–H groups in total. The molecule has 0 bridgehead atoms. The molecule has 3 aromatic rings. The van der Waals surface area contributed by atoms with E-state index in [1.165, 1.54) is 0 Å². The Morgan fingerprint density at radius 1 is 1.03 bits per heavy atom. The molecule has 1 aliphatic heterocycles. The second-order valence-electron chi connectivity index (χ2n) is 9.35. The van der Waals surface area contributed by atoms with Gasteiger partial charge in [0.15, 0.2) is 11.6 Å². The number of benzene rings is 2. The number of rotatable bonds is 2. The number of hydrogen-bond acceptors (Lipinski definition) is 4. The number of hydrogen-bond donors (Lipinski definition) is 1. The highest BCUT2D eigenvalue weighted by atomic mass is 16.1. The van der Waals surface area contributed by atoms with Gasteiger partial charge < -0.3 is 5.32 Å². The van der Waals surface area contributed by atoms with Gasteiger partial charge in [-0.1, -0.05) is 67.4 Å². The third kappa shape index (κ3) is 3.15. The second kappa shape index (κ2) is 6.66. The maximum Gasteiger partial charge on any atom is 0.226 e. The van der Waals surface area contributed by atoms with Gasteiger partial charge in [0.25, 0.3) is 0 Å². The minimum atomic E-state index is -0.259. The summed E-state index contributed by atoms with van der Waals surface area (Å²) in [5.74, 6) is 1.56. The Kier molecular flexibility index (Phi) is 4.17. The molecular formula is C25H26N4O. The van der Waals surface area contributed by atoms with Crippen LogP contribution in [0.15, 0.2) is 59.8 Å². The van der Waals surface area contributed by atoms with Crippen LogP contribution in [0.5, 0.6) is 0 Å². The van der Waals surface area contributed by atoms with Crippen molar-refractivity contribution in [3.8, 4) is 11.4 Å². The molecule has 2 aliphatic rings. The van der Waals surface area contributed by atoms with E-state index in [0.717, 1.165) is 39.9 Å². The van der Waals surface area contributed by atoms with E-state index < -0.39 is 0 Å². The summed E-state index contributed by atoms with van der Waals surface area (Å²) in [6.07, 6.45) is 1.37. The molecule has 1 aliphatic carbocycles. The van der Waals surface area contributed by atoms with Crippen molar-refractivity contribution < 1.29 is 4.79 Å². The summed E-state index contributed by atoms with van der Waals surface area (Å²) in [4.78, 5) is 18.1. The van der Waals surface area contributed by atoms with Crippen molar-refractivity contribution in [2.75, 3.05) is 5.32 Å². The highest BCUT2D eigenvalue weighted by molar-refractivity contribution is 6.00. The van der Waals surface area contributed by atoms with Crippen LogP contribution >= 0.6 is 0 Å². The largest absolute Gasteiger partial charge is 0.328 e. The molecule has 0 saturated carbocycles. The average molecular weight is 399 g/mol. The molecule has 5 heteroatoms. The van der Waals surface area contributed by atoms with Crippen molar-refractivity contribution in [1.29, 1.82) is 0 Å². The van der Waals surface area contributed by atoms with Gasteiger partial charge >= 0.3 is 0 Å². The zero-order valence-electron chi connectivity index (χ0n) is 17.9. The number of aryl methyl sites for hydroxylation is 2. The summed E-state index contributed by atoms with van der Waals surface area (Å²) in [7, 11) is 0. The fraction of sp³-hybridized carbons (Fsp3) is 0.320. The lowest BCUT2D eigenvalue weighted by atomic mass is 9.73. The van der Waals surface area contributed by atoms with Crippen LogP contribution in [0.1, 0.15) is 49.4 Å². The lowest BCUT2D eigenvalue weighted by Gasteiger charge is -2.38. The van der Waals surface area contributed by atoms with Crippen LogP contribution < -0.4 is 5.32 Å². The van der Waals surface area contributed by atoms with E-state index in [1.54, 1.807) is 0 Å². The Hall–Kier alpha value is -3.21. The first-order valence-corrected chi connectivity index (χ1v) is 10.4. The molecule has 0 spiro atoms. The minimum absolute atomic E-state index is 0.0678. The number of ketones is 1. The van der Waals surface area contributed by atoms with Gasteiger partial charge in [-0.2, -0.15) is 4.98 Å². The Balaban J connectivity index is 1.69. The van der Waals surface area contributed by atoms with Crippen LogP contribution in [0.25, 0.3) is 11.4 Å². The van der Waals surface area contributed by atoms with Crippen molar-refractivity contribution in [1.82, 2.24) is 14.8 Å². The van der Waals surface area contributed by atoms with E-state index in [4.69, 9.17) is 10.1 Å². The van der Waals surface area contributed by atoms with Gasteiger partial charge in [0, 0.05) is 23.3 Å². The van der Waals surface area contributed by atoms with Gasteiger partial charge in [0.1, 0.15) is 6.04 Å². The smallest absolute Gasteiger partial charge is 0.226 e. The fourth-order valence-electron chi connectivity index (χ4n) is 4.66. The highest BCUT2D eigenvalue weighted by Crippen LogP contribution is 2.45. The Bertz CT molecular complexity index is 1200. The normalized spacial score (nSPS) is 19.9. The van der Waals surface area contributed by atoms with Gasteiger partial charge in [-0.3, -0.25) is 4.79 Å². The first-order chi connectivity index (χ1) is 14.3. The van der Waals surface area contributed by atoms with Crippen LogP contribution in [0.3, 0.4) is 0 Å². The second-order valence-corrected chi connectivity index (χ2v) is 9.35. The number of nitrogens with one attached hydrogen (secondary N) is 1. The van der Waals surface area contributed by atoms with E-state index in [9.17, 15) is 4.79 Å². The lowest BCUT2D eigenvalue weighted by Crippen LogP contribution is -2.36. The summed E-state index contributed by atoms with van der Waals surface area (Å²) in [6, 6.07) is 16.3. The van der Waals surface area contributed by atoms with Crippen LogP contribution in [0, 0.1) is 19.3 Å². The highest BCUT2D eigenvalue weighted by Gasteiger charge is 2.41. The molecule has 0 saturated heterocycles. The van der Waals surface area contributed by atoms with Gasteiger partial charge in [0.05, 0.1) is 0 Å². The summed E-state index contributed by atoms with van der Waals surface area (Å²) in [6.45, 7) is 8.44. The summed E-state index contributed by atoms with van der Waals surface area (Å²) in [5.41, 5.74) is 6.12. The van der Waals surface area contributed by atoms with Gasteiger partial charge in [0.2, 0.25) is 5.95 Å². The van der Waals surface area contributed by atoms with Crippen LogP contribution in [0.4, 0.5) is 5.95 Å². The van der Waals surface area contributed by atoms with Gasteiger partial charge in [-0.05, 0) is 37.3 Å². The third-order valence-electron chi connectivity index (χ3n) is 5.97. The molecule has 1 atom stereocenters. The number of fused-ring (bicyclic) bond motifs is 1. The molecule has 0 amide bonds. The molecular weight excluding hydrogens is 372 g/mol. The molecule has 0 radical (unpaired) electrons. The van der Waals surface area contributed by atoms with Crippen molar-refractivity contribution >= 4 is 11.7 Å². The predicted molar refractivity (Wildman–Crippen MR) is 118 cm³/mol. The Labute approximate surface area is 176 Å². The molecule has 0 fully saturated rings. The Morgan fingerprint density at radius 2 is 1.77 bits per heavy atom. The summed E-state index contributed by atoms with van der Waals surface area (Å²) >= 11 is 0. The SMILES string of the molecule is Cc1cccc(-c2nc3n(n2)C(c2cccc(C)c2)C2=C(CC(C)(C)CC2=O)N3)c1. The molecule has 30 heavy (non-hydrogen) atoms. The topological polar surface area (TPSA) is 59.8 Å². The first kappa shape index (κ1) is 18.8. The number of nitrogens with zero attached hydrogens (tertiary/aromatic N) is 3. The maximum atomic E-state index is 13.3. The number of Topliss-reactive ketones (excluding diaryl/α,β-unsaturated/α-hetero) is 1. The van der Waals surface area contributed by atoms with Gasteiger partial charge in [-0.25, -0.2) is 4.68 Å². The number of aromatic nitrogens is 3. The fourth-order valence-corrected chi connectivity index (χ4v) is 4.66. The average Bonchev–Trinajstić information content (AvgIpc) is 3.09. The van der Waals surface area contributed by atoms with E-state index in [1.807, 2.05) is 22.9 Å². The summed E-state index contributed by atoms with van der Waals surface area (Å²) < 4.78 is 1.89. The van der Waals surface area contributed by atoms with E-state index >= 15 is 0 Å². The van der Waals surface area contributed by atoms with Crippen molar-refractivity contribution in [3.05, 3.63) is 76.5 Å². The number of carbonyl (C=O) groups is 1. The zero-order valence-corrected chi connectivity index (χ0v) is 17.9. The van der Waals surface area contributed by atoms with Crippen LogP contribution in [0.2, 0.25) is 0 Å². The zero-order chi connectivity index (χ0) is 21.0. The maximum absolute atomic E-state index is 13.3. The molecule has 2 aromatic carbocycles. The Morgan fingerprint density at radius 3 is 2.50 bits per heavy atom. The molecule has 1 aromatic heterocycles. The number of anilines is 1. The van der Waals surface area contributed by atoms with Gasteiger partial charge in [-0.15, -0.1) is 5.10 Å². The first-order valence-electron chi connectivity index (χ1n) is 10.4. The molecule has 2 heterocycles. The van der Waals surface area contributed by atoms with Crippen molar-refractivity contribution in [2.45, 2.75) is 46.6 Å². The third-order valence-corrected chi connectivity index (χ3v) is 5.97. The standard InChI is InChI=1S/C25H26N4O/c1-15-7-5-9-17(11-15)22-21-19(13-25(3,4)14-20(21)30)26-24-27-23(28-29(22)24)18-10-6-8-16(2)12-18/h5-12,22H,13-14H2,1-4H3,(H,26,27,28). The molecule has 152 valence electrons. The van der Waals surface area contributed by atoms with Crippen molar-refractivity contribution in [2.24, 2.45) is 5.41 Å². The predicted octanol–water partition coefficient (Wildman–Crippen LogP) is 5.22. The number of carbonyl (C=O) groups excluding carboxylic acids is 1.